The van der Waals surface area contributed by atoms with Gasteiger partial charge >= 0.3 is 0 Å². The molecule has 0 spiro atoms. The molecule has 0 radical (unpaired) electrons. The van der Waals surface area contributed by atoms with Crippen molar-refractivity contribution in [1.29, 1.82) is 0 Å². The van der Waals surface area contributed by atoms with Crippen LogP contribution in [-0.2, 0) is 0 Å². The standard InChI is InChI=1S/C11H21N/c1-3-4-5-8-11-9-6-7-10(2)12-11/h5,8,10-12H,3-4,6-7,9H2,1-2H3/t10-,11-/m1/s1. The van der Waals surface area contributed by atoms with E-state index in [2.05, 4.69) is 31.3 Å². The molecule has 0 aromatic carbocycles. The van der Waals surface area contributed by atoms with Crippen molar-refractivity contribution < 1.29 is 0 Å². The highest BCUT2D eigenvalue weighted by Crippen LogP contribution is 2.13. The Hall–Kier alpha value is -0.300. The summed E-state index contributed by atoms with van der Waals surface area (Å²) in [6, 6.07) is 1.37. The molecular formula is C11H21N. The summed E-state index contributed by atoms with van der Waals surface area (Å²) in [5.74, 6) is 0. The first-order valence-electron chi connectivity index (χ1n) is 5.25. The fraction of sp³-hybridized carbons (Fsp3) is 0.818. The predicted molar refractivity (Wildman–Crippen MR) is 54.3 cm³/mol. The van der Waals surface area contributed by atoms with Crippen LogP contribution in [0.2, 0.25) is 0 Å². The summed E-state index contributed by atoms with van der Waals surface area (Å²) in [6.45, 7) is 4.50. The Labute approximate surface area is 76.2 Å². The quantitative estimate of drug-likeness (QED) is 0.637. The highest BCUT2D eigenvalue weighted by atomic mass is 14.9. The lowest BCUT2D eigenvalue weighted by Crippen LogP contribution is -2.39. The van der Waals surface area contributed by atoms with E-state index >= 15 is 0 Å². The van der Waals surface area contributed by atoms with Gasteiger partial charge in [0.2, 0.25) is 0 Å². The van der Waals surface area contributed by atoms with Gasteiger partial charge in [0.25, 0.3) is 0 Å². The van der Waals surface area contributed by atoms with Gasteiger partial charge in [-0.3, -0.25) is 0 Å². The van der Waals surface area contributed by atoms with Crippen molar-refractivity contribution in [3.05, 3.63) is 12.2 Å². The third-order valence-electron chi connectivity index (χ3n) is 2.47. The SMILES string of the molecule is CCCC=C[C@@H]1CCC[C@@H](C)N1. The number of unbranched alkanes of at least 4 members (excludes halogenated alkanes) is 1. The van der Waals surface area contributed by atoms with Crippen LogP contribution in [0, 0.1) is 0 Å². The van der Waals surface area contributed by atoms with Crippen molar-refractivity contribution in [3.63, 3.8) is 0 Å². The first-order chi connectivity index (χ1) is 5.83. The number of piperidine rings is 1. The molecule has 0 aromatic heterocycles. The van der Waals surface area contributed by atoms with Crippen LogP contribution < -0.4 is 5.32 Å². The minimum Gasteiger partial charge on any atom is -0.308 e. The molecule has 70 valence electrons. The molecule has 1 saturated heterocycles. The monoisotopic (exact) mass is 167 g/mol. The molecule has 1 aliphatic heterocycles. The topological polar surface area (TPSA) is 12.0 Å². The molecule has 1 rings (SSSR count). The van der Waals surface area contributed by atoms with E-state index in [-0.39, 0.29) is 0 Å². The molecule has 0 unspecified atom stereocenters. The molecule has 1 aliphatic rings. The van der Waals surface area contributed by atoms with Crippen molar-refractivity contribution in [1.82, 2.24) is 5.32 Å². The van der Waals surface area contributed by atoms with Crippen LogP contribution in [0.15, 0.2) is 12.2 Å². The van der Waals surface area contributed by atoms with E-state index in [0.717, 1.165) is 6.04 Å². The molecule has 0 aliphatic carbocycles. The Balaban J connectivity index is 2.22. The van der Waals surface area contributed by atoms with Crippen molar-refractivity contribution in [2.75, 3.05) is 0 Å². The van der Waals surface area contributed by atoms with Crippen LogP contribution in [-0.4, -0.2) is 12.1 Å². The third kappa shape index (κ3) is 3.40. The second-order valence-electron chi connectivity index (χ2n) is 3.82. The molecule has 2 atom stereocenters. The zero-order chi connectivity index (χ0) is 8.81. The Bertz CT molecular complexity index is 140. The minimum absolute atomic E-state index is 0.653. The molecular weight excluding hydrogens is 146 g/mol. The number of hydrogen-bond acceptors (Lipinski definition) is 1. The molecule has 0 saturated carbocycles. The highest BCUT2D eigenvalue weighted by molar-refractivity contribution is 4.95. The molecule has 12 heavy (non-hydrogen) atoms. The summed E-state index contributed by atoms with van der Waals surface area (Å²) in [4.78, 5) is 0. The minimum atomic E-state index is 0.653. The van der Waals surface area contributed by atoms with Gasteiger partial charge in [0, 0.05) is 12.1 Å². The zero-order valence-electron chi connectivity index (χ0n) is 8.34. The molecule has 1 heteroatoms. The second-order valence-corrected chi connectivity index (χ2v) is 3.82. The van der Waals surface area contributed by atoms with Gasteiger partial charge in [-0.2, -0.15) is 0 Å². The predicted octanol–water partition coefficient (Wildman–Crippen LogP) is 2.87. The number of rotatable bonds is 3. The lowest BCUT2D eigenvalue weighted by molar-refractivity contribution is 0.374. The molecule has 1 fully saturated rings. The van der Waals surface area contributed by atoms with Gasteiger partial charge in [0.15, 0.2) is 0 Å². The lowest BCUT2D eigenvalue weighted by Gasteiger charge is -2.26. The summed E-state index contributed by atoms with van der Waals surface area (Å²) in [5.41, 5.74) is 0. The van der Waals surface area contributed by atoms with E-state index in [1.54, 1.807) is 0 Å². The Morgan fingerprint density at radius 2 is 2.25 bits per heavy atom. The van der Waals surface area contributed by atoms with Crippen LogP contribution in [0.5, 0.6) is 0 Å². The number of nitrogens with one attached hydrogen (secondary N) is 1. The summed E-state index contributed by atoms with van der Waals surface area (Å²) in [5, 5.41) is 3.59. The number of allylic oxidation sites excluding steroid dienone is 1. The van der Waals surface area contributed by atoms with Crippen LogP contribution in [0.3, 0.4) is 0 Å². The summed E-state index contributed by atoms with van der Waals surface area (Å²) < 4.78 is 0. The normalized spacial score (nSPS) is 31.2. The van der Waals surface area contributed by atoms with Gasteiger partial charge in [0.1, 0.15) is 0 Å². The van der Waals surface area contributed by atoms with E-state index in [0.29, 0.717) is 6.04 Å². The molecule has 0 aromatic rings. The van der Waals surface area contributed by atoms with Gasteiger partial charge in [0.05, 0.1) is 0 Å². The Morgan fingerprint density at radius 3 is 2.92 bits per heavy atom. The molecule has 0 bridgehead atoms. The fourth-order valence-electron chi connectivity index (χ4n) is 1.76. The van der Waals surface area contributed by atoms with Gasteiger partial charge in [-0.05, 0) is 26.2 Å². The summed E-state index contributed by atoms with van der Waals surface area (Å²) in [7, 11) is 0. The highest BCUT2D eigenvalue weighted by Gasteiger charge is 2.14. The first kappa shape index (κ1) is 9.79. The maximum atomic E-state index is 3.59. The zero-order valence-corrected chi connectivity index (χ0v) is 8.34. The van der Waals surface area contributed by atoms with E-state index in [1.165, 1.54) is 32.1 Å². The van der Waals surface area contributed by atoms with Crippen molar-refractivity contribution >= 4 is 0 Å². The lowest BCUT2D eigenvalue weighted by atomic mass is 9.99. The van der Waals surface area contributed by atoms with Crippen LogP contribution >= 0.6 is 0 Å². The first-order valence-corrected chi connectivity index (χ1v) is 5.25. The summed E-state index contributed by atoms with van der Waals surface area (Å²) in [6.07, 6.45) is 11.2. The van der Waals surface area contributed by atoms with Crippen LogP contribution in [0.4, 0.5) is 0 Å². The summed E-state index contributed by atoms with van der Waals surface area (Å²) >= 11 is 0. The molecule has 0 amide bonds. The maximum Gasteiger partial charge on any atom is 0.0252 e. The van der Waals surface area contributed by atoms with Crippen LogP contribution in [0.1, 0.15) is 46.0 Å². The fourth-order valence-corrected chi connectivity index (χ4v) is 1.76. The van der Waals surface area contributed by atoms with Crippen LogP contribution in [0.25, 0.3) is 0 Å². The number of hydrogen-bond donors (Lipinski definition) is 1. The average Bonchev–Trinajstić information content (AvgIpc) is 2.05. The van der Waals surface area contributed by atoms with Crippen molar-refractivity contribution in [2.45, 2.75) is 58.0 Å². The van der Waals surface area contributed by atoms with Gasteiger partial charge in [-0.15, -0.1) is 0 Å². The van der Waals surface area contributed by atoms with Gasteiger partial charge < -0.3 is 5.32 Å². The van der Waals surface area contributed by atoms with E-state index in [9.17, 15) is 0 Å². The van der Waals surface area contributed by atoms with E-state index < -0.39 is 0 Å². The average molecular weight is 167 g/mol. The van der Waals surface area contributed by atoms with Crippen molar-refractivity contribution in [3.8, 4) is 0 Å². The molecule has 1 heterocycles. The van der Waals surface area contributed by atoms with Crippen molar-refractivity contribution in [2.24, 2.45) is 0 Å². The smallest absolute Gasteiger partial charge is 0.0252 e. The third-order valence-corrected chi connectivity index (χ3v) is 2.47. The largest absolute Gasteiger partial charge is 0.308 e. The Morgan fingerprint density at radius 1 is 1.42 bits per heavy atom. The Kier molecular flexibility index (Phi) is 4.37. The maximum absolute atomic E-state index is 3.59. The van der Waals surface area contributed by atoms with E-state index in [4.69, 9.17) is 0 Å². The van der Waals surface area contributed by atoms with E-state index in [1.807, 2.05) is 0 Å². The van der Waals surface area contributed by atoms with Gasteiger partial charge in [-0.1, -0.05) is 31.9 Å². The van der Waals surface area contributed by atoms with Gasteiger partial charge in [-0.25, -0.2) is 0 Å². The second kappa shape index (κ2) is 5.36. The molecule has 1 nitrogen and oxygen atoms in total. The molecule has 1 N–H and O–H groups in total.